The van der Waals surface area contributed by atoms with Crippen LogP contribution < -0.4 is 0 Å². The van der Waals surface area contributed by atoms with Crippen LogP contribution in [0.5, 0.6) is 0 Å². The molecule has 0 aromatic heterocycles. The van der Waals surface area contributed by atoms with E-state index in [1.54, 1.807) is 6.07 Å². The van der Waals surface area contributed by atoms with E-state index < -0.39 is 5.82 Å². The number of hydrogen-bond donors (Lipinski definition) is 0. The van der Waals surface area contributed by atoms with Gasteiger partial charge < -0.3 is 9.80 Å². The van der Waals surface area contributed by atoms with Crippen molar-refractivity contribution < 1.29 is 4.39 Å². The Bertz CT molecular complexity index is 748. The monoisotopic (exact) mass is 346 g/mol. The zero-order chi connectivity index (χ0) is 16.7. The van der Waals surface area contributed by atoms with Crippen LogP contribution in [0.2, 0.25) is 5.02 Å². The number of allylic oxidation sites excluding steroid dienone is 1. The number of piperazine rings is 1. The molecule has 1 atom stereocenters. The van der Waals surface area contributed by atoms with Gasteiger partial charge in [0.25, 0.3) is 0 Å². The van der Waals surface area contributed by atoms with Crippen LogP contribution in [0.25, 0.3) is 0 Å². The summed E-state index contributed by atoms with van der Waals surface area (Å²) in [7, 11) is 2.13. The van der Waals surface area contributed by atoms with Crippen molar-refractivity contribution in [2.75, 3.05) is 33.2 Å². The molecule has 1 aromatic carbocycles. The molecule has 3 aliphatic rings. The van der Waals surface area contributed by atoms with E-state index >= 15 is 0 Å². The standard InChI is InChI=1S/C18H20ClFN4/c1-23-4-6-24(7-5-23)18-17-9-12(2-3-21-17)8-13-10-14(19)15(20)11-16(13)22-18/h2-3,10-12H,4-9H2,1H3. The summed E-state index contributed by atoms with van der Waals surface area (Å²) in [6, 6.07) is 3.18. The summed E-state index contributed by atoms with van der Waals surface area (Å²) in [6.45, 7) is 3.81. The van der Waals surface area contributed by atoms with Crippen LogP contribution in [0, 0.1) is 11.7 Å². The highest BCUT2D eigenvalue weighted by Crippen LogP contribution is 2.33. The lowest BCUT2D eigenvalue weighted by atomic mass is 9.90. The molecule has 0 saturated carbocycles. The molecule has 0 aliphatic carbocycles. The van der Waals surface area contributed by atoms with Gasteiger partial charge in [0.05, 0.1) is 16.4 Å². The predicted octanol–water partition coefficient (Wildman–Crippen LogP) is 3.29. The van der Waals surface area contributed by atoms with E-state index in [1.165, 1.54) is 6.07 Å². The van der Waals surface area contributed by atoms with E-state index in [4.69, 9.17) is 16.6 Å². The van der Waals surface area contributed by atoms with Crippen molar-refractivity contribution >= 4 is 28.8 Å². The Kier molecular flexibility index (Phi) is 4.14. The van der Waals surface area contributed by atoms with Crippen LogP contribution in [0.1, 0.15) is 12.0 Å². The number of nitrogens with zero attached hydrogens (tertiary/aromatic N) is 4. The third-order valence-corrected chi connectivity index (χ3v) is 5.22. The van der Waals surface area contributed by atoms with Crippen molar-refractivity contribution in [1.29, 1.82) is 0 Å². The lowest BCUT2D eigenvalue weighted by Gasteiger charge is -2.36. The fourth-order valence-electron chi connectivity index (χ4n) is 3.49. The third-order valence-electron chi connectivity index (χ3n) is 4.94. The Morgan fingerprint density at radius 2 is 1.96 bits per heavy atom. The summed E-state index contributed by atoms with van der Waals surface area (Å²) in [4.78, 5) is 14.0. The van der Waals surface area contributed by atoms with E-state index in [0.29, 0.717) is 11.6 Å². The summed E-state index contributed by atoms with van der Waals surface area (Å²) in [5, 5.41) is 0.166. The molecule has 3 aliphatic heterocycles. The minimum atomic E-state index is -0.417. The van der Waals surface area contributed by atoms with Crippen LogP contribution in [0.4, 0.5) is 10.1 Å². The molecule has 6 heteroatoms. The van der Waals surface area contributed by atoms with Gasteiger partial charge in [0.1, 0.15) is 5.82 Å². The van der Waals surface area contributed by atoms with Crippen LogP contribution in [0.15, 0.2) is 34.4 Å². The molecule has 0 radical (unpaired) electrons. The molecular weight excluding hydrogens is 327 g/mol. The van der Waals surface area contributed by atoms with E-state index in [9.17, 15) is 4.39 Å². The molecule has 4 nitrogen and oxygen atoms in total. The summed E-state index contributed by atoms with van der Waals surface area (Å²) in [5.74, 6) is 0.830. The topological polar surface area (TPSA) is 31.2 Å². The molecule has 3 heterocycles. The number of hydrogen-bond acceptors (Lipinski definition) is 4. The second-order valence-corrected chi connectivity index (χ2v) is 7.11. The predicted molar refractivity (Wildman–Crippen MR) is 96.0 cm³/mol. The van der Waals surface area contributed by atoms with Crippen molar-refractivity contribution in [2.24, 2.45) is 15.9 Å². The molecule has 1 saturated heterocycles. The van der Waals surface area contributed by atoms with Crippen LogP contribution in [-0.4, -0.2) is 54.6 Å². The number of halogens is 2. The molecule has 1 aromatic rings. The fraction of sp³-hybridized carbons (Fsp3) is 0.444. The largest absolute Gasteiger partial charge is 0.353 e. The molecule has 24 heavy (non-hydrogen) atoms. The number of aliphatic imine (C=N–C) groups is 2. The zero-order valence-electron chi connectivity index (χ0n) is 13.7. The summed E-state index contributed by atoms with van der Waals surface area (Å²) < 4.78 is 14.0. The highest BCUT2D eigenvalue weighted by atomic mass is 35.5. The molecule has 4 rings (SSSR count). The normalized spacial score (nSPS) is 24.0. The van der Waals surface area contributed by atoms with Gasteiger partial charge in [-0.3, -0.25) is 4.99 Å². The zero-order valence-corrected chi connectivity index (χ0v) is 14.4. The fourth-order valence-corrected chi connectivity index (χ4v) is 3.68. The Morgan fingerprint density at radius 1 is 1.17 bits per heavy atom. The first-order valence-electron chi connectivity index (χ1n) is 8.34. The smallest absolute Gasteiger partial charge is 0.151 e. The number of rotatable bonds is 0. The highest BCUT2D eigenvalue weighted by molar-refractivity contribution is 6.42. The number of benzene rings is 1. The van der Waals surface area contributed by atoms with Gasteiger partial charge in [0.2, 0.25) is 0 Å². The van der Waals surface area contributed by atoms with Crippen molar-refractivity contribution in [3.05, 3.63) is 40.8 Å². The maximum absolute atomic E-state index is 14.0. The molecule has 126 valence electrons. The highest BCUT2D eigenvalue weighted by Gasteiger charge is 2.27. The van der Waals surface area contributed by atoms with E-state index in [-0.39, 0.29) is 5.02 Å². The minimum Gasteiger partial charge on any atom is -0.353 e. The quantitative estimate of drug-likeness (QED) is 0.722. The Labute approximate surface area is 146 Å². The van der Waals surface area contributed by atoms with Crippen molar-refractivity contribution in [3.63, 3.8) is 0 Å². The summed E-state index contributed by atoms with van der Waals surface area (Å²) in [6.07, 6.45) is 5.68. The van der Waals surface area contributed by atoms with Gasteiger partial charge in [-0.25, -0.2) is 9.38 Å². The molecular formula is C18H20ClFN4. The number of amidine groups is 1. The summed E-state index contributed by atoms with van der Waals surface area (Å²) in [5.41, 5.74) is 2.69. The van der Waals surface area contributed by atoms with Gasteiger partial charge in [-0.1, -0.05) is 17.7 Å². The van der Waals surface area contributed by atoms with Gasteiger partial charge in [-0.2, -0.15) is 0 Å². The molecule has 0 spiro atoms. The van der Waals surface area contributed by atoms with E-state index in [0.717, 1.165) is 56.1 Å². The minimum absolute atomic E-state index is 0.166. The Balaban J connectivity index is 1.80. The summed E-state index contributed by atoms with van der Waals surface area (Å²) >= 11 is 5.99. The first-order chi connectivity index (χ1) is 11.6. The van der Waals surface area contributed by atoms with Crippen molar-refractivity contribution in [1.82, 2.24) is 9.80 Å². The van der Waals surface area contributed by atoms with E-state index in [1.807, 2.05) is 6.20 Å². The molecule has 1 unspecified atom stereocenters. The molecule has 2 bridgehead atoms. The maximum atomic E-state index is 14.0. The lowest BCUT2D eigenvalue weighted by molar-refractivity contribution is 0.217. The van der Waals surface area contributed by atoms with Gasteiger partial charge in [-0.05, 0) is 31.0 Å². The average molecular weight is 347 g/mol. The van der Waals surface area contributed by atoms with E-state index in [2.05, 4.69) is 27.9 Å². The van der Waals surface area contributed by atoms with Gasteiger partial charge in [0.15, 0.2) is 5.84 Å². The third kappa shape index (κ3) is 2.98. The lowest BCUT2D eigenvalue weighted by Crippen LogP contribution is -2.49. The van der Waals surface area contributed by atoms with Crippen LogP contribution in [0.3, 0.4) is 0 Å². The second-order valence-electron chi connectivity index (χ2n) is 6.71. The van der Waals surface area contributed by atoms with Crippen molar-refractivity contribution in [2.45, 2.75) is 12.8 Å². The number of fused-ring (bicyclic) bond motifs is 3. The first kappa shape index (κ1) is 15.8. The molecule has 0 amide bonds. The number of likely N-dealkylation sites (N-methyl/N-ethyl adjacent to an activating group) is 1. The van der Waals surface area contributed by atoms with Gasteiger partial charge in [0, 0.05) is 44.9 Å². The van der Waals surface area contributed by atoms with Gasteiger partial charge in [-0.15, -0.1) is 0 Å². The Morgan fingerprint density at radius 3 is 2.75 bits per heavy atom. The maximum Gasteiger partial charge on any atom is 0.151 e. The first-order valence-corrected chi connectivity index (χ1v) is 8.72. The SMILES string of the molecule is CN1CCN(C2=Nc3cc(F)c(Cl)cc3CC3C=CN=C2C3)CC1. The molecule has 0 N–H and O–H groups in total. The van der Waals surface area contributed by atoms with Crippen LogP contribution >= 0.6 is 11.6 Å². The average Bonchev–Trinajstić information content (AvgIpc) is 2.57. The van der Waals surface area contributed by atoms with Crippen molar-refractivity contribution in [3.8, 4) is 0 Å². The Hall–Kier alpha value is -1.72. The second kappa shape index (κ2) is 6.30. The van der Waals surface area contributed by atoms with Gasteiger partial charge >= 0.3 is 0 Å². The van der Waals surface area contributed by atoms with Crippen LogP contribution in [-0.2, 0) is 6.42 Å². The molecule has 1 fully saturated rings.